The molecule has 0 spiro atoms. The Hall–Kier alpha value is -2.68. The molecule has 5 nitrogen and oxygen atoms in total. The Morgan fingerprint density at radius 2 is 1.85 bits per heavy atom. The second kappa shape index (κ2) is 8.93. The smallest absolute Gasteiger partial charge is 0.310 e. The Morgan fingerprint density at radius 3 is 2.52 bits per heavy atom. The highest BCUT2D eigenvalue weighted by atomic mass is 16.4. The number of rotatable bonds is 9. The van der Waals surface area contributed by atoms with E-state index in [-0.39, 0.29) is 5.41 Å². The summed E-state index contributed by atoms with van der Waals surface area (Å²) in [4.78, 5) is 14.0. The van der Waals surface area contributed by atoms with Crippen LogP contribution in [0.5, 0.6) is 0 Å². The largest absolute Gasteiger partial charge is 0.481 e. The summed E-state index contributed by atoms with van der Waals surface area (Å²) in [6, 6.07) is 21.6. The van der Waals surface area contributed by atoms with Crippen molar-refractivity contribution in [1.29, 1.82) is 5.26 Å². The molecule has 1 heterocycles. The number of carboxylic acid groups (broad SMARTS) is 1. The molecule has 0 bridgehead atoms. The Bertz CT molecular complexity index is 1030. The minimum absolute atomic E-state index is 0.133. The first-order valence-corrected chi connectivity index (χ1v) is 12.2. The average Bonchev–Trinajstić information content (AvgIpc) is 3.76. The number of piperidine rings is 1. The van der Waals surface area contributed by atoms with Gasteiger partial charge in [-0.3, -0.25) is 4.79 Å². The van der Waals surface area contributed by atoms with Crippen LogP contribution in [0, 0.1) is 22.2 Å². The van der Waals surface area contributed by atoms with Crippen LogP contribution < -0.4 is 5.32 Å². The number of nitrogens with zero attached hydrogens (tertiary/aromatic N) is 2. The van der Waals surface area contributed by atoms with E-state index in [1.54, 1.807) is 0 Å². The molecule has 3 aliphatic rings. The van der Waals surface area contributed by atoms with E-state index in [9.17, 15) is 15.2 Å². The number of benzene rings is 2. The van der Waals surface area contributed by atoms with Gasteiger partial charge in [-0.1, -0.05) is 42.5 Å². The first kappa shape index (κ1) is 22.1. The molecule has 2 aromatic rings. The van der Waals surface area contributed by atoms with Gasteiger partial charge < -0.3 is 15.3 Å². The van der Waals surface area contributed by atoms with Crippen molar-refractivity contribution in [2.24, 2.45) is 10.8 Å². The summed E-state index contributed by atoms with van der Waals surface area (Å²) >= 11 is 0. The molecule has 172 valence electrons. The van der Waals surface area contributed by atoms with E-state index in [0.29, 0.717) is 18.5 Å². The van der Waals surface area contributed by atoms with Gasteiger partial charge in [-0.05, 0) is 80.3 Å². The maximum atomic E-state index is 11.7. The van der Waals surface area contributed by atoms with Gasteiger partial charge in [0, 0.05) is 25.0 Å². The molecule has 0 aromatic heterocycles. The van der Waals surface area contributed by atoms with Crippen LogP contribution in [0.2, 0.25) is 0 Å². The lowest BCUT2D eigenvalue weighted by molar-refractivity contribution is -0.144. The maximum Gasteiger partial charge on any atom is 0.310 e. The molecule has 2 atom stereocenters. The fourth-order valence-corrected chi connectivity index (χ4v) is 5.64. The van der Waals surface area contributed by atoms with E-state index in [0.717, 1.165) is 57.3 Å². The fourth-order valence-electron chi connectivity index (χ4n) is 5.64. The predicted molar refractivity (Wildman–Crippen MR) is 128 cm³/mol. The number of nitrogens with one attached hydrogen (secondary N) is 1. The van der Waals surface area contributed by atoms with Crippen LogP contribution in [0.15, 0.2) is 54.6 Å². The summed E-state index contributed by atoms with van der Waals surface area (Å²) in [7, 11) is 0. The molecule has 5 heteroatoms. The van der Waals surface area contributed by atoms with Crippen molar-refractivity contribution in [3.63, 3.8) is 0 Å². The Kier molecular flexibility index (Phi) is 5.99. The normalized spacial score (nSPS) is 25.2. The van der Waals surface area contributed by atoms with Gasteiger partial charge in [0.2, 0.25) is 0 Å². The van der Waals surface area contributed by atoms with E-state index in [1.807, 2.05) is 18.2 Å². The molecule has 1 aliphatic heterocycles. The summed E-state index contributed by atoms with van der Waals surface area (Å²) in [5.74, 6) is -0.0226. The summed E-state index contributed by atoms with van der Waals surface area (Å²) in [6.07, 6.45) is 5.88. The molecule has 1 saturated heterocycles. The molecule has 2 aliphatic carbocycles. The Morgan fingerprint density at radius 1 is 1.09 bits per heavy atom. The van der Waals surface area contributed by atoms with Gasteiger partial charge >= 0.3 is 5.97 Å². The molecule has 0 amide bonds. The molecule has 2 aromatic carbocycles. The van der Waals surface area contributed by atoms with Gasteiger partial charge in [0.1, 0.15) is 0 Å². The summed E-state index contributed by atoms with van der Waals surface area (Å²) in [6.45, 7) is 3.55. The van der Waals surface area contributed by atoms with Gasteiger partial charge in [-0.25, -0.2) is 0 Å². The molecule has 2 saturated carbocycles. The van der Waals surface area contributed by atoms with Crippen molar-refractivity contribution in [3.8, 4) is 6.07 Å². The lowest BCUT2D eigenvalue weighted by Gasteiger charge is -2.43. The van der Waals surface area contributed by atoms with Crippen LogP contribution in [0.4, 0.5) is 0 Å². The van der Waals surface area contributed by atoms with Gasteiger partial charge in [-0.15, -0.1) is 0 Å². The minimum atomic E-state index is -0.630. The van der Waals surface area contributed by atoms with Gasteiger partial charge in [0.15, 0.2) is 0 Å². The quantitative estimate of drug-likeness (QED) is 0.608. The van der Waals surface area contributed by atoms with Crippen LogP contribution in [0.3, 0.4) is 0 Å². The molecule has 33 heavy (non-hydrogen) atoms. The van der Waals surface area contributed by atoms with Gasteiger partial charge in [-0.2, -0.15) is 5.26 Å². The van der Waals surface area contributed by atoms with E-state index in [4.69, 9.17) is 0 Å². The van der Waals surface area contributed by atoms with Crippen molar-refractivity contribution in [2.45, 2.75) is 50.5 Å². The molecule has 3 fully saturated rings. The third-order valence-electron chi connectivity index (χ3n) is 8.14. The van der Waals surface area contributed by atoms with Gasteiger partial charge in [0.05, 0.1) is 17.0 Å². The zero-order valence-electron chi connectivity index (χ0n) is 19.2. The Labute approximate surface area is 196 Å². The first-order valence-electron chi connectivity index (χ1n) is 12.2. The van der Waals surface area contributed by atoms with Gasteiger partial charge in [0.25, 0.3) is 0 Å². The fraction of sp³-hybridized carbons (Fsp3) is 0.500. The molecule has 5 rings (SSSR count). The summed E-state index contributed by atoms with van der Waals surface area (Å²) in [5, 5.41) is 22.8. The number of hydrogen-bond donors (Lipinski definition) is 2. The van der Waals surface area contributed by atoms with Crippen molar-refractivity contribution in [1.82, 2.24) is 10.2 Å². The molecule has 0 unspecified atom stereocenters. The zero-order chi connectivity index (χ0) is 22.9. The zero-order valence-corrected chi connectivity index (χ0v) is 19.2. The first-order chi connectivity index (χ1) is 16.0. The highest BCUT2D eigenvalue weighted by Gasteiger charge is 2.52. The molecule has 0 radical (unpaired) electrons. The standard InChI is InChI=1S/C28H33N3O2/c29-18-22-6-4-5-21(15-22)17-27(19-30-25-16-24(25)23-7-2-1-3-8-23)11-13-31(14-12-27)20-28(9-10-28)26(32)33/h1-8,15,24-25,30H,9-14,16-17,19-20H2,(H,32,33)/t24-,25+/m0/s1. The van der Waals surface area contributed by atoms with E-state index >= 15 is 0 Å². The number of aliphatic carboxylic acids is 1. The van der Waals surface area contributed by atoms with Crippen LogP contribution in [0.1, 0.15) is 54.7 Å². The predicted octanol–water partition coefficient (Wildman–Crippen LogP) is 4.19. The summed E-state index contributed by atoms with van der Waals surface area (Å²) < 4.78 is 0. The number of carbonyl (C=O) groups is 1. The molecular weight excluding hydrogens is 410 g/mol. The number of likely N-dealkylation sites (tertiary alicyclic amines) is 1. The van der Waals surface area contributed by atoms with E-state index < -0.39 is 11.4 Å². The SMILES string of the molecule is N#Cc1cccc(CC2(CN[C@@H]3C[C@H]3c3ccccc3)CCN(CC3(C(=O)O)CC3)CC2)c1. The van der Waals surface area contributed by atoms with Crippen molar-refractivity contribution >= 4 is 5.97 Å². The third kappa shape index (κ3) is 4.98. The van der Waals surface area contributed by atoms with Crippen LogP contribution in [0.25, 0.3) is 0 Å². The maximum absolute atomic E-state index is 11.7. The van der Waals surface area contributed by atoms with E-state index in [1.165, 1.54) is 17.5 Å². The Balaban J connectivity index is 1.25. The van der Waals surface area contributed by atoms with Crippen molar-refractivity contribution in [2.75, 3.05) is 26.2 Å². The second-order valence-electron chi connectivity index (χ2n) is 10.6. The third-order valence-corrected chi connectivity index (χ3v) is 8.14. The highest BCUT2D eigenvalue weighted by molar-refractivity contribution is 5.78. The number of hydrogen-bond acceptors (Lipinski definition) is 4. The van der Waals surface area contributed by atoms with Crippen molar-refractivity contribution in [3.05, 3.63) is 71.3 Å². The average molecular weight is 444 g/mol. The van der Waals surface area contributed by atoms with Crippen molar-refractivity contribution < 1.29 is 9.90 Å². The monoisotopic (exact) mass is 443 g/mol. The van der Waals surface area contributed by atoms with Crippen LogP contribution in [-0.4, -0.2) is 48.2 Å². The molecular formula is C28H33N3O2. The number of carboxylic acids is 1. The number of nitriles is 1. The van der Waals surface area contributed by atoms with Crippen LogP contribution in [-0.2, 0) is 11.2 Å². The lowest BCUT2D eigenvalue weighted by atomic mass is 9.73. The lowest BCUT2D eigenvalue weighted by Crippen LogP contribution is -2.48. The van der Waals surface area contributed by atoms with E-state index in [2.05, 4.69) is 52.7 Å². The minimum Gasteiger partial charge on any atom is -0.481 e. The summed E-state index contributed by atoms with van der Waals surface area (Å²) in [5.41, 5.74) is 3.01. The second-order valence-corrected chi connectivity index (χ2v) is 10.6. The molecule has 2 N–H and O–H groups in total. The topological polar surface area (TPSA) is 76.4 Å². The highest BCUT2D eigenvalue weighted by Crippen LogP contribution is 2.48. The van der Waals surface area contributed by atoms with Crippen LogP contribution >= 0.6 is 0 Å².